The summed E-state index contributed by atoms with van der Waals surface area (Å²) in [5.41, 5.74) is 2.60. The largest absolute Gasteiger partial charge is 0.391 e. The molecule has 1 heterocycles. The van der Waals surface area contributed by atoms with E-state index in [9.17, 15) is 5.11 Å². The van der Waals surface area contributed by atoms with Crippen LogP contribution in [0.3, 0.4) is 0 Å². The van der Waals surface area contributed by atoms with Crippen LogP contribution in [-0.2, 0) is 6.54 Å². The fraction of sp³-hybridized carbons (Fsp3) is 0.571. The van der Waals surface area contributed by atoms with Gasteiger partial charge in [-0.2, -0.15) is 0 Å². The number of hydrogen-bond acceptors (Lipinski definition) is 3. The lowest BCUT2D eigenvalue weighted by molar-refractivity contribution is 0.198. The van der Waals surface area contributed by atoms with Crippen LogP contribution in [0.4, 0.5) is 5.69 Å². The molecule has 2 rings (SSSR count). The van der Waals surface area contributed by atoms with E-state index in [1.54, 1.807) is 0 Å². The van der Waals surface area contributed by atoms with Gasteiger partial charge in [0, 0.05) is 25.3 Å². The highest BCUT2D eigenvalue weighted by Gasteiger charge is 2.21. The molecule has 0 aliphatic carbocycles. The van der Waals surface area contributed by atoms with Gasteiger partial charge in [0.2, 0.25) is 0 Å². The van der Waals surface area contributed by atoms with Crippen molar-refractivity contribution in [1.82, 2.24) is 5.32 Å². The Hall–Kier alpha value is -1.06. The molecule has 2 N–H and O–H groups in total. The van der Waals surface area contributed by atoms with Crippen molar-refractivity contribution in [3.8, 4) is 0 Å². The first-order valence-corrected chi connectivity index (χ1v) is 6.53. The first-order valence-electron chi connectivity index (χ1n) is 6.53. The molecule has 0 amide bonds. The van der Waals surface area contributed by atoms with Gasteiger partial charge in [-0.05, 0) is 31.0 Å². The van der Waals surface area contributed by atoms with Gasteiger partial charge in [-0.3, -0.25) is 0 Å². The zero-order valence-corrected chi connectivity index (χ0v) is 10.5. The summed E-state index contributed by atoms with van der Waals surface area (Å²) in [4.78, 5) is 2.29. The Labute approximate surface area is 103 Å². The van der Waals surface area contributed by atoms with Crippen LogP contribution in [-0.4, -0.2) is 30.8 Å². The molecule has 1 saturated heterocycles. The highest BCUT2D eigenvalue weighted by atomic mass is 16.3. The van der Waals surface area contributed by atoms with Crippen molar-refractivity contribution in [2.45, 2.75) is 32.4 Å². The van der Waals surface area contributed by atoms with Gasteiger partial charge in [-0.15, -0.1) is 0 Å². The van der Waals surface area contributed by atoms with Gasteiger partial charge in [0.1, 0.15) is 0 Å². The van der Waals surface area contributed by atoms with Gasteiger partial charge in [0.25, 0.3) is 0 Å². The summed E-state index contributed by atoms with van der Waals surface area (Å²) in [6.07, 6.45) is 1.88. The van der Waals surface area contributed by atoms with Gasteiger partial charge >= 0.3 is 0 Å². The molecule has 3 heteroatoms. The molecule has 1 aliphatic rings. The number of anilines is 1. The van der Waals surface area contributed by atoms with Crippen LogP contribution in [0.5, 0.6) is 0 Å². The minimum Gasteiger partial charge on any atom is -0.391 e. The summed E-state index contributed by atoms with van der Waals surface area (Å²) in [5.74, 6) is 0. The Kier molecular flexibility index (Phi) is 4.40. The Bertz CT molecular complexity index is 354. The second-order valence-corrected chi connectivity index (χ2v) is 4.69. The van der Waals surface area contributed by atoms with Crippen LogP contribution in [0.15, 0.2) is 24.3 Å². The number of hydrogen-bond donors (Lipinski definition) is 2. The lowest BCUT2D eigenvalue weighted by atomic mass is 10.1. The molecule has 0 bridgehead atoms. The Morgan fingerprint density at radius 3 is 2.94 bits per heavy atom. The number of aliphatic hydroxyl groups excluding tert-OH is 1. The van der Waals surface area contributed by atoms with Crippen molar-refractivity contribution in [1.29, 1.82) is 0 Å². The van der Waals surface area contributed by atoms with Crippen molar-refractivity contribution >= 4 is 5.69 Å². The maximum Gasteiger partial charge on any atom is 0.0731 e. The zero-order chi connectivity index (χ0) is 12.1. The van der Waals surface area contributed by atoms with Crippen LogP contribution in [0.1, 0.15) is 25.3 Å². The second kappa shape index (κ2) is 6.03. The molecular weight excluding hydrogens is 212 g/mol. The van der Waals surface area contributed by atoms with E-state index in [1.807, 2.05) is 0 Å². The van der Waals surface area contributed by atoms with E-state index in [-0.39, 0.29) is 6.10 Å². The van der Waals surface area contributed by atoms with Crippen LogP contribution in [0.2, 0.25) is 0 Å². The molecular formula is C14H22N2O. The predicted octanol–water partition coefficient (Wildman–Crippen LogP) is 1.76. The van der Waals surface area contributed by atoms with E-state index < -0.39 is 0 Å². The molecule has 0 aromatic heterocycles. The summed E-state index contributed by atoms with van der Waals surface area (Å²) in [7, 11) is 0. The molecule has 1 aromatic rings. The van der Waals surface area contributed by atoms with Gasteiger partial charge < -0.3 is 15.3 Å². The Balaban J connectivity index is 2.05. The molecule has 17 heavy (non-hydrogen) atoms. The predicted molar refractivity (Wildman–Crippen MR) is 71.3 cm³/mol. The summed E-state index contributed by atoms with van der Waals surface area (Å²) in [6.45, 7) is 5.88. The van der Waals surface area contributed by atoms with E-state index in [4.69, 9.17) is 0 Å². The molecule has 1 fully saturated rings. The third kappa shape index (κ3) is 3.20. The third-order valence-electron chi connectivity index (χ3n) is 3.24. The maximum atomic E-state index is 9.61. The smallest absolute Gasteiger partial charge is 0.0731 e. The lowest BCUT2D eigenvalue weighted by Crippen LogP contribution is -2.24. The van der Waals surface area contributed by atoms with Gasteiger partial charge in [-0.1, -0.05) is 25.1 Å². The van der Waals surface area contributed by atoms with E-state index in [1.165, 1.54) is 11.3 Å². The fourth-order valence-corrected chi connectivity index (χ4v) is 2.33. The fourth-order valence-electron chi connectivity index (χ4n) is 2.33. The highest BCUT2D eigenvalue weighted by molar-refractivity contribution is 5.54. The third-order valence-corrected chi connectivity index (χ3v) is 3.24. The summed E-state index contributed by atoms with van der Waals surface area (Å²) >= 11 is 0. The van der Waals surface area contributed by atoms with Crippen molar-refractivity contribution in [2.75, 3.05) is 24.5 Å². The van der Waals surface area contributed by atoms with Crippen LogP contribution < -0.4 is 10.2 Å². The number of nitrogens with one attached hydrogen (secondary N) is 1. The molecule has 1 unspecified atom stereocenters. The average molecular weight is 234 g/mol. The summed E-state index contributed by atoms with van der Waals surface area (Å²) < 4.78 is 0. The molecule has 1 atom stereocenters. The highest BCUT2D eigenvalue weighted by Crippen LogP contribution is 2.24. The van der Waals surface area contributed by atoms with E-state index >= 15 is 0 Å². The number of para-hydroxylation sites is 1. The topological polar surface area (TPSA) is 35.5 Å². The standard InChI is InChI=1S/C14H22N2O/c1-2-8-15-10-12-5-3-4-6-14(12)16-9-7-13(17)11-16/h3-6,13,15,17H,2,7-11H2,1H3. The summed E-state index contributed by atoms with van der Waals surface area (Å²) in [5, 5.41) is 13.0. The number of nitrogens with zero attached hydrogens (tertiary/aromatic N) is 1. The summed E-state index contributed by atoms with van der Waals surface area (Å²) in [6, 6.07) is 8.48. The normalized spacial score (nSPS) is 19.9. The lowest BCUT2D eigenvalue weighted by Gasteiger charge is -2.21. The van der Waals surface area contributed by atoms with E-state index in [2.05, 4.69) is 41.4 Å². The molecule has 0 saturated carbocycles. The maximum absolute atomic E-state index is 9.61. The Morgan fingerprint density at radius 2 is 2.24 bits per heavy atom. The molecule has 94 valence electrons. The number of aliphatic hydroxyl groups is 1. The molecule has 3 nitrogen and oxygen atoms in total. The van der Waals surface area contributed by atoms with Crippen LogP contribution >= 0.6 is 0 Å². The van der Waals surface area contributed by atoms with Crippen LogP contribution in [0, 0.1) is 0 Å². The number of rotatable bonds is 5. The monoisotopic (exact) mass is 234 g/mol. The van der Waals surface area contributed by atoms with Crippen molar-refractivity contribution in [3.05, 3.63) is 29.8 Å². The van der Waals surface area contributed by atoms with E-state index in [0.29, 0.717) is 0 Å². The zero-order valence-electron chi connectivity index (χ0n) is 10.5. The van der Waals surface area contributed by atoms with Gasteiger partial charge in [0.15, 0.2) is 0 Å². The van der Waals surface area contributed by atoms with Gasteiger partial charge in [0.05, 0.1) is 6.10 Å². The average Bonchev–Trinajstić information content (AvgIpc) is 2.77. The SMILES string of the molecule is CCCNCc1ccccc1N1CCC(O)C1. The van der Waals surface area contributed by atoms with Crippen molar-refractivity contribution < 1.29 is 5.11 Å². The van der Waals surface area contributed by atoms with Crippen molar-refractivity contribution in [2.24, 2.45) is 0 Å². The first kappa shape index (κ1) is 12.4. The van der Waals surface area contributed by atoms with Crippen molar-refractivity contribution in [3.63, 3.8) is 0 Å². The molecule has 1 aliphatic heterocycles. The minimum atomic E-state index is -0.161. The van der Waals surface area contributed by atoms with E-state index in [0.717, 1.165) is 39.0 Å². The minimum absolute atomic E-state index is 0.161. The Morgan fingerprint density at radius 1 is 1.41 bits per heavy atom. The first-order chi connectivity index (χ1) is 8.31. The molecule has 1 aromatic carbocycles. The quantitative estimate of drug-likeness (QED) is 0.762. The number of β-amino-alcohol motifs (C(OH)–C–C–N with tert-alkyl or cyclic N) is 1. The van der Waals surface area contributed by atoms with Crippen LogP contribution in [0.25, 0.3) is 0 Å². The molecule has 0 radical (unpaired) electrons. The second-order valence-electron chi connectivity index (χ2n) is 4.69. The van der Waals surface area contributed by atoms with Gasteiger partial charge in [-0.25, -0.2) is 0 Å². The molecule has 0 spiro atoms. The number of benzene rings is 1.